The summed E-state index contributed by atoms with van der Waals surface area (Å²) in [6, 6.07) is 13.4. The van der Waals surface area contributed by atoms with E-state index in [2.05, 4.69) is 20.8 Å². The molecular formula is C22H28O3. The number of hydrogen-bond acceptors (Lipinski definition) is 3. The second-order valence-corrected chi connectivity index (χ2v) is 7.77. The van der Waals surface area contributed by atoms with Gasteiger partial charge < -0.3 is 9.84 Å². The molecule has 3 rings (SSSR count). The van der Waals surface area contributed by atoms with Crippen molar-refractivity contribution in [2.45, 2.75) is 52.2 Å². The minimum atomic E-state index is -1.24. The van der Waals surface area contributed by atoms with Gasteiger partial charge in [0.05, 0.1) is 0 Å². The molecule has 0 heterocycles. The Balaban J connectivity index is 1.79. The second-order valence-electron chi connectivity index (χ2n) is 7.77. The molecule has 134 valence electrons. The summed E-state index contributed by atoms with van der Waals surface area (Å²) in [4.78, 5) is 12.7. The van der Waals surface area contributed by atoms with E-state index in [4.69, 9.17) is 4.74 Å². The largest absolute Gasteiger partial charge is 0.460 e. The third-order valence-corrected chi connectivity index (χ3v) is 5.57. The number of esters is 1. The maximum absolute atomic E-state index is 12.7. The molecule has 1 saturated carbocycles. The summed E-state index contributed by atoms with van der Waals surface area (Å²) in [5.74, 6) is 0.878. The Bertz CT molecular complexity index is 732. The Kier molecular flexibility index (Phi) is 5.43. The number of fused-ring (bicyclic) bond motifs is 1. The Hall–Kier alpha value is -1.87. The average Bonchev–Trinajstić information content (AvgIpc) is 2.60. The Morgan fingerprint density at radius 1 is 1.12 bits per heavy atom. The number of carbonyl (C=O) groups is 1. The van der Waals surface area contributed by atoms with Gasteiger partial charge >= 0.3 is 5.97 Å². The van der Waals surface area contributed by atoms with Crippen LogP contribution in [0.15, 0.2) is 42.5 Å². The van der Waals surface area contributed by atoms with Gasteiger partial charge in [0, 0.05) is 0 Å². The first kappa shape index (κ1) is 17.9. The van der Waals surface area contributed by atoms with Crippen LogP contribution in [0.25, 0.3) is 10.8 Å². The third kappa shape index (κ3) is 3.87. The van der Waals surface area contributed by atoms with Crippen LogP contribution < -0.4 is 0 Å². The van der Waals surface area contributed by atoms with E-state index in [1.165, 1.54) is 6.42 Å². The molecule has 3 heteroatoms. The van der Waals surface area contributed by atoms with Crippen LogP contribution in [0.4, 0.5) is 0 Å². The van der Waals surface area contributed by atoms with Crippen LogP contribution in [0.3, 0.4) is 0 Å². The number of carbonyl (C=O) groups excluding carboxylic acids is 1. The van der Waals surface area contributed by atoms with Gasteiger partial charge in [-0.25, -0.2) is 4.79 Å². The molecule has 1 aliphatic carbocycles. The van der Waals surface area contributed by atoms with Crippen molar-refractivity contribution in [1.82, 2.24) is 0 Å². The number of hydrogen-bond donors (Lipinski definition) is 1. The van der Waals surface area contributed by atoms with Crippen molar-refractivity contribution >= 4 is 16.7 Å². The fourth-order valence-corrected chi connectivity index (χ4v) is 4.08. The normalized spacial score (nSPS) is 25.1. The van der Waals surface area contributed by atoms with Crippen molar-refractivity contribution in [3.8, 4) is 0 Å². The first-order chi connectivity index (χ1) is 12.0. The molecule has 0 bridgehead atoms. The lowest BCUT2D eigenvalue weighted by atomic mass is 9.75. The highest BCUT2D eigenvalue weighted by Crippen LogP contribution is 2.36. The summed E-state index contributed by atoms with van der Waals surface area (Å²) < 4.78 is 5.81. The monoisotopic (exact) mass is 340 g/mol. The Morgan fingerprint density at radius 2 is 1.84 bits per heavy atom. The molecule has 0 amide bonds. The minimum absolute atomic E-state index is 0.0964. The zero-order chi connectivity index (χ0) is 18.0. The number of rotatable bonds is 4. The molecular weight excluding hydrogens is 312 g/mol. The predicted molar refractivity (Wildman–Crippen MR) is 100 cm³/mol. The first-order valence-corrected chi connectivity index (χ1v) is 9.33. The van der Waals surface area contributed by atoms with Gasteiger partial charge in [0.1, 0.15) is 6.10 Å². The van der Waals surface area contributed by atoms with Crippen LogP contribution in [0, 0.1) is 17.8 Å². The van der Waals surface area contributed by atoms with Crippen LogP contribution in [0.1, 0.15) is 51.7 Å². The molecule has 1 fully saturated rings. The lowest BCUT2D eigenvalue weighted by Gasteiger charge is -2.37. The van der Waals surface area contributed by atoms with Gasteiger partial charge in [-0.15, -0.1) is 0 Å². The van der Waals surface area contributed by atoms with Gasteiger partial charge in [-0.3, -0.25) is 0 Å². The molecule has 2 aromatic rings. The van der Waals surface area contributed by atoms with Crippen LogP contribution >= 0.6 is 0 Å². The standard InChI is InChI=1S/C22H28O3/c1-14(2)17-12-11-15(3)13-20(17)25-22(24)21(23)19-10-6-8-16-7-4-5-9-18(16)19/h4-10,14-15,17,20-21,23H,11-13H2,1-3H3/t15-,17+,20-,21+/m1/s1. The van der Waals surface area contributed by atoms with Crippen molar-refractivity contribution < 1.29 is 14.6 Å². The summed E-state index contributed by atoms with van der Waals surface area (Å²) in [6.45, 7) is 6.57. The molecule has 25 heavy (non-hydrogen) atoms. The van der Waals surface area contributed by atoms with Gasteiger partial charge in [-0.05, 0) is 46.9 Å². The van der Waals surface area contributed by atoms with Gasteiger partial charge in [-0.2, -0.15) is 0 Å². The molecule has 2 aromatic carbocycles. The van der Waals surface area contributed by atoms with Crippen molar-refractivity contribution in [2.75, 3.05) is 0 Å². The molecule has 0 saturated heterocycles. The molecule has 4 atom stereocenters. The fourth-order valence-electron chi connectivity index (χ4n) is 4.08. The van der Waals surface area contributed by atoms with E-state index >= 15 is 0 Å². The minimum Gasteiger partial charge on any atom is -0.460 e. The molecule has 3 nitrogen and oxygen atoms in total. The zero-order valence-corrected chi connectivity index (χ0v) is 15.3. The summed E-state index contributed by atoms with van der Waals surface area (Å²) in [5.41, 5.74) is 0.619. The Morgan fingerprint density at radius 3 is 2.60 bits per heavy atom. The quantitative estimate of drug-likeness (QED) is 0.807. The van der Waals surface area contributed by atoms with Crippen molar-refractivity contribution in [3.63, 3.8) is 0 Å². The predicted octanol–water partition coefficient (Wildman–Crippen LogP) is 4.88. The second kappa shape index (κ2) is 7.57. The highest BCUT2D eigenvalue weighted by molar-refractivity contribution is 5.90. The molecule has 0 aliphatic heterocycles. The molecule has 0 unspecified atom stereocenters. The van der Waals surface area contributed by atoms with Crippen molar-refractivity contribution in [2.24, 2.45) is 17.8 Å². The number of benzene rings is 2. The van der Waals surface area contributed by atoms with Gasteiger partial charge in [0.25, 0.3) is 0 Å². The highest BCUT2D eigenvalue weighted by Gasteiger charge is 2.35. The summed E-state index contributed by atoms with van der Waals surface area (Å²) >= 11 is 0. The number of aliphatic hydroxyl groups is 1. The van der Waals surface area contributed by atoms with E-state index in [1.807, 2.05) is 36.4 Å². The lowest BCUT2D eigenvalue weighted by Crippen LogP contribution is -2.37. The maximum Gasteiger partial charge on any atom is 0.339 e. The summed E-state index contributed by atoms with van der Waals surface area (Å²) in [6.07, 6.45) is 1.82. The summed E-state index contributed by atoms with van der Waals surface area (Å²) in [7, 11) is 0. The Labute approximate surface area is 150 Å². The summed E-state index contributed by atoms with van der Waals surface area (Å²) in [5, 5.41) is 12.5. The first-order valence-electron chi connectivity index (χ1n) is 9.33. The molecule has 1 N–H and O–H groups in total. The average molecular weight is 340 g/mol. The smallest absolute Gasteiger partial charge is 0.339 e. The van der Waals surface area contributed by atoms with E-state index in [1.54, 1.807) is 6.07 Å². The zero-order valence-electron chi connectivity index (χ0n) is 15.3. The molecule has 0 spiro atoms. The van der Waals surface area contributed by atoms with Gasteiger partial charge in [0.15, 0.2) is 6.10 Å². The number of aliphatic hydroxyl groups excluding tert-OH is 1. The van der Waals surface area contributed by atoms with Crippen LogP contribution in [0.2, 0.25) is 0 Å². The van der Waals surface area contributed by atoms with Crippen molar-refractivity contribution in [1.29, 1.82) is 0 Å². The fraction of sp³-hybridized carbons (Fsp3) is 0.500. The third-order valence-electron chi connectivity index (χ3n) is 5.57. The topological polar surface area (TPSA) is 46.5 Å². The molecule has 0 aromatic heterocycles. The van der Waals surface area contributed by atoms with Crippen molar-refractivity contribution in [3.05, 3.63) is 48.0 Å². The van der Waals surface area contributed by atoms with E-state index in [0.29, 0.717) is 23.3 Å². The van der Waals surface area contributed by atoms with Crippen LogP contribution in [-0.2, 0) is 9.53 Å². The van der Waals surface area contributed by atoms with E-state index in [9.17, 15) is 9.90 Å². The van der Waals surface area contributed by atoms with Crippen LogP contribution in [0.5, 0.6) is 0 Å². The van der Waals surface area contributed by atoms with Gasteiger partial charge in [-0.1, -0.05) is 69.7 Å². The van der Waals surface area contributed by atoms with Crippen LogP contribution in [-0.4, -0.2) is 17.2 Å². The maximum atomic E-state index is 12.7. The lowest BCUT2D eigenvalue weighted by molar-refractivity contribution is -0.166. The van der Waals surface area contributed by atoms with E-state index < -0.39 is 12.1 Å². The van der Waals surface area contributed by atoms with E-state index in [0.717, 1.165) is 23.6 Å². The molecule has 0 radical (unpaired) electrons. The number of ether oxygens (including phenoxy) is 1. The van der Waals surface area contributed by atoms with Gasteiger partial charge in [0.2, 0.25) is 0 Å². The molecule has 1 aliphatic rings. The SMILES string of the molecule is CC(C)[C@@H]1CC[C@@H](C)C[C@H]1OC(=O)[C@@H](O)c1cccc2ccccc12. The van der Waals surface area contributed by atoms with E-state index in [-0.39, 0.29) is 6.10 Å². The highest BCUT2D eigenvalue weighted by atomic mass is 16.6.